The van der Waals surface area contributed by atoms with E-state index in [9.17, 15) is 0 Å². The highest BCUT2D eigenvalue weighted by molar-refractivity contribution is 6.30. The summed E-state index contributed by atoms with van der Waals surface area (Å²) in [6.45, 7) is 6.95. The highest BCUT2D eigenvalue weighted by atomic mass is 35.5. The summed E-state index contributed by atoms with van der Waals surface area (Å²) in [7, 11) is 0. The molecule has 2 N–H and O–H groups in total. The number of rotatable bonds is 3. The molecule has 2 unspecified atom stereocenters. The molecule has 0 amide bonds. The summed E-state index contributed by atoms with van der Waals surface area (Å²) < 4.78 is 0. The van der Waals surface area contributed by atoms with Gasteiger partial charge in [0.05, 0.1) is 0 Å². The van der Waals surface area contributed by atoms with E-state index in [-0.39, 0.29) is 0 Å². The average molecular weight is 237 g/mol. The molecule has 16 heavy (non-hydrogen) atoms. The first-order valence-corrected chi connectivity index (χ1v) is 6.01. The van der Waals surface area contributed by atoms with Crippen molar-refractivity contribution < 1.29 is 0 Å². The Morgan fingerprint density at radius 3 is 2.94 bits per heavy atom. The highest BCUT2D eigenvalue weighted by Gasteiger charge is 2.21. The third-order valence-corrected chi connectivity index (χ3v) is 3.23. The van der Waals surface area contributed by atoms with Crippen LogP contribution in [0.25, 0.3) is 0 Å². The van der Waals surface area contributed by atoms with Gasteiger partial charge in [-0.25, -0.2) is 0 Å². The summed E-state index contributed by atoms with van der Waals surface area (Å²) in [6, 6.07) is 8.42. The first kappa shape index (κ1) is 11.6. The standard InChI is InChI=1S/C13H17ClN2/c1-2-12(13-9-15-6-7-16-13)10-4-3-5-11(14)8-10/h2-5,8,12-13,15-16H,1,6-7,9H2. The van der Waals surface area contributed by atoms with Crippen molar-refractivity contribution in [1.82, 2.24) is 10.6 Å². The Morgan fingerprint density at radius 1 is 1.44 bits per heavy atom. The Balaban J connectivity index is 2.17. The zero-order valence-corrected chi connectivity index (χ0v) is 10.0. The quantitative estimate of drug-likeness (QED) is 0.787. The Bertz CT molecular complexity index is 359. The molecule has 0 aliphatic carbocycles. The summed E-state index contributed by atoms with van der Waals surface area (Å²) in [5.41, 5.74) is 1.23. The maximum absolute atomic E-state index is 6.01. The lowest BCUT2D eigenvalue weighted by Gasteiger charge is -2.30. The number of halogens is 1. The molecule has 2 rings (SSSR count). The van der Waals surface area contributed by atoms with E-state index in [1.54, 1.807) is 0 Å². The SMILES string of the molecule is C=CC(c1cccc(Cl)c1)C1CNCCN1. The Kier molecular flexibility index (Phi) is 3.99. The van der Waals surface area contributed by atoms with E-state index in [1.165, 1.54) is 5.56 Å². The van der Waals surface area contributed by atoms with Crippen LogP contribution >= 0.6 is 11.6 Å². The van der Waals surface area contributed by atoms with Crippen LogP contribution in [-0.2, 0) is 0 Å². The van der Waals surface area contributed by atoms with Gasteiger partial charge >= 0.3 is 0 Å². The van der Waals surface area contributed by atoms with Gasteiger partial charge in [0.15, 0.2) is 0 Å². The normalized spacial score (nSPS) is 22.7. The van der Waals surface area contributed by atoms with Crippen molar-refractivity contribution >= 4 is 11.6 Å². The second-order valence-electron chi connectivity index (χ2n) is 4.08. The maximum Gasteiger partial charge on any atom is 0.0408 e. The van der Waals surface area contributed by atoms with Crippen molar-refractivity contribution in [3.8, 4) is 0 Å². The molecule has 1 aliphatic heterocycles. The molecule has 0 saturated carbocycles. The van der Waals surface area contributed by atoms with Gasteiger partial charge in [0.1, 0.15) is 0 Å². The van der Waals surface area contributed by atoms with Crippen LogP contribution in [0.1, 0.15) is 11.5 Å². The maximum atomic E-state index is 6.01. The summed E-state index contributed by atoms with van der Waals surface area (Å²) in [5.74, 6) is 0.312. The van der Waals surface area contributed by atoms with Gasteiger partial charge in [-0.1, -0.05) is 29.8 Å². The van der Waals surface area contributed by atoms with Crippen LogP contribution in [-0.4, -0.2) is 25.7 Å². The van der Waals surface area contributed by atoms with E-state index in [0.29, 0.717) is 12.0 Å². The van der Waals surface area contributed by atoms with Crippen molar-refractivity contribution in [2.45, 2.75) is 12.0 Å². The molecule has 86 valence electrons. The zero-order valence-electron chi connectivity index (χ0n) is 9.25. The van der Waals surface area contributed by atoms with Crippen LogP contribution in [0.3, 0.4) is 0 Å². The molecule has 0 radical (unpaired) electrons. The molecular weight excluding hydrogens is 220 g/mol. The van der Waals surface area contributed by atoms with Gasteiger partial charge in [0.25, 0.3) is 0 Å². The lowest BCUT2D eigenvalue weighted by atomic mass is 9.90. The number of hydrogen-bond donors (Lipinski definition) is 2. The molecule has 2 atom stereocenters. The minimum absolute atomic E-state index is 0.312. The van der Waals surface area contributed by atoms with Gasteiger partial charge < -0.3 is 10.6 Å². The van der Waals surface area contributed by atoms with Gasteiger partial charge in [-0.05, 0) is 17.7 Å². The molecule has 2 nitrogen and oxygen atoms in total. The summed E-state index contributed by atoms with van der Waals surface area (Å²) in [5, 5.41) is 7.69. The molecule has 3 heteroatoms. The third-order valence-electron chi connectivity index (χ3n) is 2.99. The van der Waals surface area contributed by atoms with Crippen LogP contribution in [0.4, 0.5) is 0 Å². The Hall–Kier alpha value is -0.830. The molecule has 1 aromatic rings. The first-order valence-electron chi connectivity index (χ1n) is 5.63. The van der Waals surface area contributed by atoms with Crippen LogP contribution in [0.15, 0.2) is 36.9 Å². The molecule has 1 aromatic carbocycles. The molecule has 0 spiro atoms. The number of piperazine rings is 1. The highest BCUT2D eigenvalue weighted by Crippen LogP contribution is 2.24. The number of hydrogen-bond acceptors (Lipinski definition) is 2. The van der Waals surface area contributed by atoms with Crippen molar-refractivity contribution in [2.75, 3.05) is 19.6 Å². The fraction of sp³-hybridized carbons (Fsp3) is 0.385. The molecule has 0 bridgehead atoms. The van der Waals surface area contributed by atoms with E-state index in [0.717, 1.165) is 24.7 Å². The van der Waals surface area contributed by atoms with Crippen LogP contribution in [0, 0.1) is 0 Å². The van der Waals surface area contributed by atoms with E-state index < -0.39 is 0 Å². The van der Waals surface area contributed by atoms with Crippen molar-refractivity contribution in [2.24, 2.45) is 0 Å². The smallest absolute Gasteiger partial charge is 0.0408 e. The molecule has 1 saturated heterocycles. The summed E-state index contributed by atoms with van der Waals surface area (Å²) in [4.78, 5) is 0. The third kappa shape index (κ3) is 2.64. The van der Waals surface area contributed by atoms with E-state index in [1.807, 2.05) is 24.3 Å². The van der Waals surface area contributed by atoms with E-state index in [2.05, 4.69) is 23.3 Å². The lowest BCUT2D eigenvalue weighted by Crippen LogP contribution is -2.50. The molecule has 1 aliphatic rings. The first-order chi connectivity index (χ1) is 7.81. The van der Waals surface area contributed by atoms with Crippen molar-refractivity contribution in [3.63, 3.8) is 0 Å². The Morgan fingerprint density at radius 2 is 2.31 bits per heavy atom. The fourth-order valence-corrected chi connectivity index (χ4v) is 2.37. The van der Waals surface area contributed by atoms with Gasteiger partial charge in [0.2, 0.25) is 0 Å². The predicted molar refractivity (Wildman–Crippen MR) is 69.1 cm³/mol. The lowest BCUT2D eigenvalue weighted by molar-refractivity contribution is 0.394. The van der Waals surface area contributed by atoms with E-state index in [4.69, 9.17) is 11.6 Å². The average Bonchev–Trinajstić information content (AvgIpc) is 2.31. The van der Waals surface area contributed by atoms with Gasteiger partial charge in [-0.3, -0.25) is 0 Å². The van der Waals surface area contributed by atoms with Gasteiger partial charge in [-0.2, -0.15) is 0 Å². The van der Waals surface area contributed by atoms with E-state index >= 15 is 0 Å². The second-order valence-corrected chi connectivity index (χ2v) is 4.52. The van der Waals surface area contributed by atoms with Crippen LogP contribution < -0.4 is 10.6 Å². The number of benzene rings is 1. The topological polar surface area (TPSA) is 24.1 Å². The molecule has 1 heterocycles. The minimum atomic E-state index is 0.312. The number of nitrogens with one attached hydrogen (secondary N) is 2. The Labute approximate surface area is 102 Å². The summed E-state index contributed by atoms with van der Waals surface area (Å²) in [6.07, 6.45) is 2.00. The molecule has 0 aromatic heterocycles. The van der Waals surface area contributed by atoms with Gasteiger partial charge in [0, 0.05) is 36.6 Å². The zero-order chi connectivity index (χ0) is 11.4. The van der Waals surface area contributed by atoms with Crippen LogP contribution in [0.5, 0.6) is 0 Å². The largest absolute Gasteiger partial charge is 0.314 e. The molecule has 1 fully saturated rings. The minimum Gasteiger partial charge on any atom is -0.314 e. The second kappa shape index (κ2) is 5.48. The van der Waals surface area contributed by atoms with Crippen molar-refractivity contribution in [1.29, 1.82) is 0 Å². The monoisotopic (exact) mass is 236 g/mol. The fourth-order valence-electron chi connectivity index (χ4n) is 2.18. The predicted octanol–water partition coefficient (Wildman–Crippen LogP) is 2.17. The van der Waals surface area contributed by atoms with Gasteiger partial charge in [-0.15, -0.1) is 6.58 Å². The summed E-state index contributed by atoms with van der Waals surface area (Å²) >= 11 is 6.01. The van der Waals surface area contributed by atoms with Crippen molar-refractivity contribution in [3.05, 3.63) is 47.5 Å². The molecular formula is C13H17ClN2. The van der Waals surface area contributed by atoms with Crippen LogP contribution in [0.2, 0.25) is 5.02 Å².